The first-order valence-corrected chi connectivity index (χ1v) is 5.30. The van der Waals surface area contributed by atoms with Gasteiger partial charge in [0.1, 0.15) is 0 Å². The van der Waals surface area contributed by atoms with E-state index in [0.717, 1.165) is 0 Å². The van der Waals surface area contributed by atoms with Crippen molar-refractivity contribution < 1.29 is 0 Å². The summed E-state index contributed by atoms with van der Waals surface area (Å²) in [4.78, 5) is 17.8. The second-order valence-electron chi connectivity index (χ2n) is 4.89. The number of hydrogen-bond acceptors (Lipinski definition) is 4. The van der Waals surface area contributed by atoms with Crippen LogP contribution in [0.3, 0.4) is 0 Å². The number of aryl methyl sites for hydroxylation is 1. The van der Waals surface area contributed by atoms with Crippen molar-refractivity contribution in [2.24, 2.45) is 18.2 Å². The summed E-state index contributed by atoms with van der Waals surface area (Å²) in [6, 6.07) is 0. The first-order valence-electron chi connectivity index (χ1n) is 5.30. The van der Waals surface area contributed by atoms with Gasteiger partial charge in [0.2, 0.25) is 0 Å². The number of aromatic nitrogens is 2. The van der Waals surface area contributed by atoms with Crippen LogP contribution in [0.2, 0.25) is 0 Å². The smallest absolute Gasteiger partial charge is 0.293 e. The van der Waals surface area contributed by atoms with Crippen molar-refractivity contribution in [3.63, 3.8) is 0 Å². The summed E-state index contributed by atoms with van der Waals surface area (Å²) in [6.07, 6.45) is 3.27. The molecular weight excluding hydrogens is 204 g/mol. The Morgan fingerprint density at radius 1 is 1.56 bits per heavy atom. The van der Waals surface area contributed by atoms with Crippen molar-refractivity contribution in [2.45, 2.75) is 13.8 Å². The maximum absolute atomic E-state index is 11.8. The largest absolute Gasteiger partial charge is 0.355 e. The van der Waals surface area contributed by atoms with Gasteiger partial charge < -0.3 is 15.2 Å². The zero-order valence-corrected chi connectivity index (χ0v) is 10.4. The minimum atomic E-state index is -0.0854. The van der Waals surface area contributed by atoms with Crippen LogP contribution in [0.1, 0.15) is 13.8 Å². The standard InChI is InChI=1S/C11H20N4O/c1-11(2,7-12)8-15(4)9-10(16)14(3)6-5-13-9/h5-6H,7-8,12H2,1-4H3. The molecule has 0 radical (unpaired) electrons. The fourth-order valence-electron chi connectivity index (χ4n) is 1.53. The highest BCUT2D eigenvalue weighted by atomic mass is 16.1. The van der Waals surface area contributed by atoms with Gasteiger partial charge in [-0.1, -0.05) is 13.8 Å². The molecular formula is C11H20N4O. The van der Waals surface area contributed by atoms with Crippen LogP contribution < -0.4 is 16.2 Å². The molecule has 1 heterocycles. The number of nitrogens with two attached hydrogens (primary N) is 1. The molecule has 0 aliphatic carbocycles. The quantitative estimate of drug-likeness (QED) is 0.793. The molecule has 1 rings (SSSR count). The predicted octanol–water partition coefficient (Wildman–Crippen LogP) is 0.201. The highest BCUT2D eigenvalue weighted by Gasteiger charge is 2.20. The monoisotopic (exact) mass is 224 g/mol. The van der Waals surface area contributed by atoms with Crippen molar-refractivity contribution >= 4 is 5.82 Å². The Labute approximate surface area is 95.9 Å². The summed E-state index contributed by atoms with van der Waals surface area (Å²) in [6.45, 7) is 5.41. The molecule has 0 spiro atoms. The maximum atomic E-state index is 11.8. The van der Waals surface area contributed by atoms with Crippen molar-refractivity contribution in [2.75, 3.05) is 25.0 Å². The van der Waals surface area contributed by atoms with Crippen LogP contribution in [0, 0.1) is 5.41 Å². The van der Waals surface area contributed by atoms with Gasteiger partial charge >= 0.3 is 0 Å². The molecule has 0 aliphatic rings. The van der Waals surface area contributed by atoms with E-state index in [0.29, 0.717) is 18.9 Å². The Morgan fingerprint density at radius 3 is 2.75 bits per heavy atom. The number of hydrogen-bond donors (Lipinski definition) is 1. The summed E-state index contributed by atoms with van der Waals surface area (Å²) >= 11 is 0. The Kier molecular flexibility index (Phi) is 3.70. The van der Waals surface area contributed by atoms with E-state index >= 15 is 0 Å². The molecule has 2 N–H and O–H groups in total. The average molecular weight is 224 g/mol. The summed E-state index contributed by atoms with van der Waals surface area (Å²) in [5, 5.41) is 0. The van der Waals surface area contributed by atoms with E-state index in [1.165, 1.54) is 4.57 Å². The highest BCUT2D eigenvalue weighted by molar-refractivity contribution is 5.34. The molecule has 0 atom stereocenters. The Bertz CT molecular complexity index is 411. The molecule has 1 aromatic heterocycles. The zero-order valence-electron chi connectivity index (χ0n) is 10.4. The van der Waals surface area contributed by atoms with Crippen LogP contribution in [0.5, 0.6) is 0 Å². The lowest BCUT2D eigenvalue weighted by atomic mass is 9.93. The molecule has 5 heteroatoms. The van der Waals surface area contributed by atoms with E-state index in [9.17, 15) is 4.79 Å². The number of anilines is 1. The summed E-state index contributed by atoms with van der Waals surface area (Å²) in [5.74, 6) is 0.464. The molecule has 5 nitrogen and oxygen atoms in total. The molecule has 0 aromatic carbocycles. The number of rotatable bonds is 4. The highest BCUT2D eigenvalue weighted by Crippen LogP contribution is 2.15. The van der Waals surface area contributed by atoms with Crippen molar-refractivity contribution in [3.05, 3.63) is 22.7 Å². The zero-order chi connectivity index (χ0) is 12.3. The minimum absolute atomic E-state index is 0.0305. The van der Waals surface area contributed by atoms with Crippen LogP contribution in [0.4, 0.5) is 5.82 Å². The van der Waals surface area contributed by atoms with Crippen LogP contribution in [-0.2, 0) is 7.05 Å². The third-order valence-corrected chi connectivity index (χ3v) is 2.58. The fraction of sp³-hybridized carbons (Fsp3) is 0.636. The van der Waals surface area contributed by atoms with E-state index in [4.69, 9.17) is 5.73 Å². The Balaban J connectivity index is 2.93. The molecule has 0 amide bonds. The van der Waals surface area contributed by atoms with E-state index in [1.54, 1.807) is 19.4 Å². The van der Waals surface area contributed by atoms with Crippen LogP contribution >= 0.6 is 0 Å². The lowest BCUT2D eigenvalue weighted by Crippen LogP contribution is -2.39. The van der Waals surface area contributed by atoms with Gasteiger partial charge in [-0.15, -0.1) is 0 Å². The van der Waals surface area contributed by atoms with Gasteiger partial charge in [0, 0.05) is 33.0 Å². The van der Waals surface area contributed by atoms with Gasteiger partial charge in [-0.3, -0.25) is 4.79 Å². The van der Waals surface area contributed by atoms with E-state index in [-0.39, 0.29) is 11.0 Å². The van der Waals surface area contributed by atoms with Gasteiger partial charge in [0.05, 0.1) is 0 Å². The maximum Gasteiger partial charge on any atom is 0.293 e. The van der Waals surface area contributed by atoms with Gasteiger partial charge in [-0.2, -0.15) is 0 Å². The van der Waals surface area contributed by atoms with Crippen molar-refractivity contribution in [1.82, 2.24) is 9.55 Å². The molecule has 0 unspecified atom stereocenters. The average Bonchev–Trinajstić information content (AvgIpc) is 2.21. The van der Waals surface area contributed by atoms with E-state index in [2.05, 4.69) is 18.8 Å². The third kappa shape index (κ3) is 2.82. The van der Waals surface area contributed by atoms with Gasteiger partial charge in [0.25, 0.3) is 5.56 Å². The summed E-state index contributed by atoms with van der Waals surface area (Å²) < 4.78 is 1.52. The lowest BCUT2D eigenvalue weighted by Gasteiger charge is -2.29. The fourth-order valence-corrected chi connectivity index (χ4v) is 1.53. The van der Waals surface area contributed by atoms with Crippen LogP contribution in [0.25, 0.3) is 0 Å². The molecule has 1 aromatic rings. The molecule has 16 heavy (non-hydrogen) atoms. The molecule has 0 bridgehead atoms. The SMILES string of the molecule is CN(CC(C)(C)CN)c1nccn(C)c1=O. The second-order valence-corrected chi connectivity index (χ2v) is 4.89. The molecule has 90 valence electrons. The van der Waals surface area contributed by atoms with E-state index < -0.39 is 0 Å². The number of nitrogens with zero attached hydrogens (tertiary/aromatic N) is 3. The summed E-state index contributed by atoms with van der Waals surface area (Å²) in [7, 11) is 3.58. The Hall–Kier alpha value is -1.36. The third-order valence-electron chi connectivity index (χ3n) is 2.58. The molecule has 0 fully saturated rings. The van der Waals surface area contributed by atoms with Gasteiger partial charge in [0.15, 0.2) is 5.82 Å². The first kappa shape index (κ1) is 12.7. The minimum Gasteiger partial charge on any atom is -0.355 e. The Morgan fingerprint density at radius 2 is 2.19 bits per heavy atom. The molecule has 0 aliphatic heterocycles. The van der Waals surface area contributed by atoms with E-state index in [1.807, 2.05) is 11.9 Å². The lowest BCUT2D eigenvalue weighted by molar-refractivity contribution is 0.383. The van der Waals surface area contributed by atoms with Crippen molar-refractivity contribution in [1.29, 1.82) is 0 Å². The summed E-state index contributed by atoms with van der Waals surface area (Å²) in [5.41, 5.74) is 5.55. The second kappa shape index (κ2) is 4.65. The molecule has 0 saturated carbocycles. The topological polar surface area (TPSA) is 64.2 Å². The van der Waals surface area contributed by atoms with Crippen LogP contribution in [0.15, 0.2) is 17.2 Å². The van der Waals surface area contributed by atoms with Gasteiger partial charge in [-0.25, -0.2) is 4.98 Å². The molecule has 0 saturated heterocycles. The normalized spacial score (nSPS) is 11.6. The van der Waals surface area contributed by atoms with Crippen LogP contribution in [-0.4, -0.2) is 29.7 Å². The van der Waals surface area contributed by atoms with Gasteiger partial charge in [-0.05, 0) is 12.0 Å². The first-order chi connectivity index (χ1) is 7.37. The van der Waals surface area contributed by atoms with Crippen molar-refractivity contribution in [3.8, 4) is 0 Å². The predicted molar refractivity (Wildman–Crippen MR) is 65.6 cm³/mol.